The predicted octanol–water partition coefficient (Wildman–Crippen LogP) is 3.07. The number of likely N-dealkylation sites (tertiary alicyclic amines) is 1. The number of halogens is 1. The number of benzene rings is 1. The van der Waals surface area contributed by atoms with Crippen molar-refractivity contribution >= 4 is 17.6 Å². The van der Waals surface area contributed by atoms with Crippen molar-refractivity contribution in [2.45, 2.75) is 58.5 Å². The lowest BCUT2D eigenvalue weighted by Gasteiger charge is -2.37. The van der Waals surface area contributed by atoms with E-state index in [4.69, 9.17) is 9.97 Å². The quantitative estimate of drug-likeness (QED) is 0.775. The zero-order chi connectivity index (χ0) is 22.7. The van der Waals surface area contributed by atoms with Gasteiger partial charge in [-0.2, -0.15) is 0 Å². The highest BCUT2D eigenvalue weighted by molar-refractivity contribution is 5.84. The molecule has 1 fully saturated rings. The molecule has 170 valence electrons. The molecule has 4 rings (SSSR count). The predicted molar refractivity (Wildman–Crippen MR) is 120 cm³/mol. The average Bonchev–Trinajstić information content (AvgIpc) is 2.79. The largest absolute Gasteiger partial charge is 0.352 e. The van der Waals surface area contributed by atoms with Crippen molar-refractivity contribution in [2.24, 2.45) is 0 Å². The van der Waals surface area contributed by atoms with Crippen LogP contribution in [0.1, 0.15) is 61.3 Å². The van der Waals surface area contributed by atoms with Crippen molar-refractivity contribution in [3.8, 4) is 0 Å². The minimum atomic E-state index is -0.241. The molecule has 2 aliphatic rings. The van der Waals surface area contributed by atoms with E-state index >= 15 is 0 Å². The Labute approximate surface area is 188 Å². The number of nitrogens with zero attached hydrogens (tertiary/aromatic N) is 4. The standard InChI is InChI=1S/C24H30FN5O2/c1-16-20-6-5-12-29(15-18-8-10-19(25)11-9-18)24(20)28-23(27-16)21-7-3-4-13-30(21)22(32)14-26-17(2)31/h8-11,21H,3-7,12-15H2,1-2H3,(H,26,31)/t21-/m1/s1. The molecule has 8 heteroatoms. The Morgan fingerprint density at radius 2 is 1.91 bits per heavy atom. The van der Waals surface area contributed by atoms with E-state index in [2.05, 4.69) is 10.2 Å². The summed E-state index contributed by atoms with van der Waals surface area (Å²) >= 11 is 0. The number of aryl methyl sites for hydroxylation is 1. The number of piperidine rings is 1. The van der Waals surface area contributed by atoms with E-state index in [0.717, 1.165) is 61.3 Å². The topological polar surface area (TPSA) is 78.4 Å². The van der Waals surface area contributed by atoms with Crippen LogP contribution in [-0.2, 0) is 22.6 Å². The molecule has 0 saturated carbocycles. The molecule has 1 atom stereocenters. The highest BCUT2D eigenvalue weighted by Crippen LogP contribution is 2.34. The molecule has 1 aromatic carbocycles. The van der Waals surface area contributed by atoms with Crippen LogP contribution >= 0.6 is 0 Å². The van der Waals surface area contributed by atoms with Gasteiger partial charge in [0.2, 0.25) is 11.8 Å². The molecule has 7 nitrogen and oxygen atoms in total. The molecule has 0 unspecified atom stereocenters. The van der Waals surface area contributed by atoms with Crippen LogP contribution in [0.4, 0.5) is 10.2 Å². The monoisotopic (exact) mass is 439 g/mol. The van der Waals surface area contributed by atoms with Crippen LogP contribution < -0.4 is 10.2 Å². The third kappa shape index (κ3) is 4.89. The van der Waals surface area contributed by atoms with Crippen LogP contribution in [0.25, 0.3) is 0 Å². The molecular formula is C24H30FN5O2. The fourth-order valence-corrected chi connectivity index (χ4v) is 4.62. The van der Waals surface area contributed by atoms with Gasteiger partial charge in [0.1, 0.15) is 11.6 Å². The minimum Gasteiger partial charge on any atom is -0.352 e. The average molecular weight is 440 g/mol. The lowest BCUT2D eigenvalue weighted by Crippen LogP contribution is -2.44. The number of amides is 2. The molecule has 2 aromatic rings. The van der Waals surface area contributed by atoms with Crippen LogP contribution in [-0.4, -0.2) is 46.3 Å². The Hall–Kier alpha value is -3.03. The maximum atomic E-state index is 13.3. The third-order valence-electron chi connectivity index (χ3n) is 6.26. The fraction of sp³-hybridized carbons (Fsp3) is 0.500. The summed E-state index contributed by atoms with van der Waals surface area (Å²) < 4.78 is 13.3. The second-order valence-electron chi connectivity index (χ2n) is 8.63. The number of carbonyl (C=O) groups is 2. The minimum absolute atomic E-state index is 0.00749. The summed E-state index contributed by atoms with van der Waals surface area (Å²) in [5, 5.41) is 2.61. The summed E-state index contributed by atoms with van der Waals surface area (Å²) in [6.07, 6.45) is 4.69. The summed E-state index contributed by atoms with van der Waals surface area (Å²) in [6, 6.07) is 6.39. The molecule has 1 saturated heterocycles. The van der Waals surface area contributed by atoms with E-state index in [0.29, 0.717) is 18.9 Å². The van der Waals surface area contributed by atoms with Gasteiger partial charge in [0.25, 0.3) is 0 Å². The van der Waals surface area contributed by atoms with Gasteiger partial charge in [0.15, 0.2) is 5.82 Å². The Morgan fingerprint density at radius 1 is 1.12 bits per heavy atom. The number of carbonyl (C=O) groups excluding carboxylic acids is 2. The first kappa shape index (κ1) is 22.2. The first-order valence-electron chi connectivity index (χ1n) is 11.3. The Kier molecular flexibility index (Phi) is 6.67. The number of hydrogen-bond acceptors (Lipinski definition) is 5. The SMILES string of the molecule is CC(=O)NCC(=O)N1CCCC[C@@H]1c1nc(C)c2c(n1)N(Cc1ccc(F)cc1)CCC2. The van der Waals surface area contributed by atoms with Crippen LogP contribution in [0.5, 0.6) is 0 Å². The summed E-state index contributed by atoms with van der Waals surface area (Å²) in [5.41, 5.74) is 3.13. The zero-order valence-electron chi connectivity index (χ0n) is 18.7. The van der Waals surface area contributed by atoms with Crippen molar-refractivity contribution in [1.29, 1.82) is 0 Å². The number of aromatic nitrogens is 2. The van der Waals surface area contributed by atoms with Gasteiger partial charge in [-0.1, -0.05) is 12.1 Å². The second-order valence-corrected chi connectivity index (χ2v) is 8.63. The molecule has 2 amide bonds. The maximum Gasteiger partial charge on any atom is 0.242 e. The summed E-state index contributed by atoms with van der Waals surface area (Å²) in [4.78, 5) is 37.9. The highest BCUT2D eigenvalue weighted by atomic mass is 19.1. The Morgan fingerprint density at radius 3 is 2.66 bits per heavy atom. The molecule has 0 spiro atoms. The number of rotatable bonds is 5. The molecular weight excluding hydrogens is 409 g/mol. The molecule has 3 heterocycles. The van der Waals surface area contributed by atoms with Gasteiger partial charge in [0, 0.05) is 37.8 Å². The van der Waals surface area contributed by atoms with Gasteiger partial charge in [-0.05, 0) is 56.7 Å². The van der Waals surface area contributed by atoms with Crippen LogP contribution in [0, 0.1) is 12.7 Å². The van der Waals surface area contributed by atoms with Gasteiger partial charge in [-0.15, -0.1) is 0 Å². The molecule has 1 aromatic heterocycles. The second kappa shape index (κ2) is 9.63. The molecule has 0 bridgehead atoms. The first-order valence-corrected chi connectivity index (χ1v) is 11.3. The molecule has 1 N–H and O–H groups in total. The van der Waals surface area contributed by atoms with Gasteiger partial charge < -0.3 is 15.1 Å². The van der Waals surface area contributed by atoms with E-state index in [-0.39, 0.29) is 30.2 Å². The fourth-order valence-electron chi connectivity index (χ4n) is 4.62. The number of nitrogens with one attached hydrogen (secondary N) is 1. The van der Waals surface area contributed by atoms with Gasteiger partial charge >= 0.3 is 0 Å². The molecule has 2 aliphatic heterocycles. The van der Waals surface area contributed by atoms with Crippen molar-refractivity contribution in [3.05, 3.63) is 52.7 Å². The van der Waals surface area contributed by atoms with Crippen LogP contribution in [0.2, 0.25) is 0 Å². The summed E-state index contributed by atoms with van der Waals surface area (Å²) in [5.74, 6) is 1.02. The van der Waals surface area contributed by atoms with Gasteiger partial charge in [-0.3, -0.25) is 9.59 Å². The number of fused-ring (bicyclic) bond motifs is 1. The van der Waals surface area contributed by atoms with E-state index < -0.39 is 0 Å². The lowest BCUT2D eigenvalue weighted by molar-refractivity contribution is -0.136. The summed E-state index contributed by atoms with van der Waals surface area (Å²) in [7, 11) is 0. The Balaban J connectivity index is 1.62. The zero-order valence-corrected chi connectivity index (χ0v) is 18.7. The first-order chi connectivity index (χ1) is 15.4. The van der Waals surface area contributed by atoms with Crippen LogP contribution in [0.15, 0.2) is 24.3 Å². The van der Waals surface area contributed by atoms with E-state index in [9.17, 15) is 14.0 Å². The van der Waals surface area contributed by atoms with E-state index in [1.165, 1.54) is 19.1 Å². The highest BCUT2D eigenvalue weighted by Gasteiger charge is 2.32. The van der Waals surface area contributed by atoms with Crippen LogP contribution in [0.3, 0.4) is 0 Å². The number of anilines is 1. The third-order valence-corrected chi connectivity index (χ3v) is 6.26. The van der Waals surface area contributed by atoms with Gasteiger partial charge in [-0.25, -0.2) is 14.4 Å². The molecule has 0 aliphatic carbocycles. The normalized spacial score (nSPS) is 18.3. The molecule has 32 heavy (non-hydrogen) atoms. The maximum absolute atomic E-state index is 13.3. The van der Waals surface area contributed by atoms with Gasteiger partial charge in [0.05, 0.1) is 12.6 Å². The van der Waals surface area contributed by atoms with E-state index in [1.807, 2.05) is 24.0 Å². The Bertz CT molecular complexity index is 995. The van der Waals surface area contributed by atoms with Crippen molar-refractivity contribution < 1.29 is 14.0 Å². The van der Waals surface area contributed by atoms with Crippen molar-refractivity contribution in [2.75, 3.05) is 24.5 Å². The van der Waals surface area contributed by atoms with Crippen molar-refractivity contribution in [1.82, 2.24) is 20.2 Å². The van der Waals surface area contributed by atoms with E-state index in [1.54, 1.807) is 0 Å². The number of hydrogen-bond donors (Lipinski definition) is 1. The molecule has 0 radical (unpaired) electrons. The smallest absolute Gasteiger partial charge is 0.242 e. The van der Waals surface area contributed by atoms with Crippen molar-refractivity contribution in [3.63, 3.8) is 0 Å². The lowest BCUT2D eigenvalue weighted by atomic mass is 9.99. The summed E-state index contributed by atoms with van der Waals surface area (Å²) in [6.45, 7) is 5.58.